The zero-order chi connectivity index (χ0) is 19.7. The number of hydrogen-bond acceptors (Lipinski definition) is 3. The second-order valence-electron chi connectivity index (χ2n) is 7.33. The monoisotopic (exact) mass is 435 g/mol. The number of benzene rings is 1. The van der Waals surface area contributed by atoms with Crippen molar-refractivity contribution in [2.75, 3.05) is 13.1 Å². The number of likely N-dealkylation sites (tertiary alicyclic amines) is 1. The number of halogens is 4. The van der Waals surface area contributed by atoms with Crippen LogP contribution in [0.5, 0.6) is 0 Å². The van der Waals surface area contributed by atoms with Crippen LogP contribution in [0.4, 0.5) is 18.0 Å². The first-order valence-corrected chi connectivity index (χ1v) is 9.06. The first kappa shape index (κ1) is 20.7. The number of Topliss-reactive ketones (excluding diaryl/α,β-unsaturated/α-hetero) is 1. The number of ether oxygens (including phenoxy) is 1. The lowest BCUT2D eigenvalue weighted by Gasteiger charge is -2.33. The lowest BCUT2D eigenvalue weighted by molar-refractivity contribution is -0.137. The first-order chi connectivity index (χ1) is 11.9. The minimum atomic E-state index is -4.51. The van der Waals surface area contributed by atoms with Gasteiger partial charge in [0.15, 0.2) is 5.78 Å². The van der Waals surface area contributed by atoms with Gasteiger partial charge in [0.1, 0.15) is 5.60 Å². The highest BCUT2D eigenvalue weighted by Gasteiger charge is 2.34. The minimum Gasteiger partial charge on any atom is -0.444 e. The molecule has 8 heteroatoms. The van der Waals surface area contributed by atoms with E-state index in [-0.39, 0.29) is 15.8 Å². The quantitative estimate of drug-likeness (QED) is 0.592. The standard InChI is InChI=1S/C18H21BrF3NO3/c1-17(2,3)26-16(25)23-6-4-11(5-7-23)15(24)12-8-13(18(20,21)22)10-14(19)9-12/h8-11H,4-7H2,1-3H3. The first-order valence-electron chi connectivity index (χ1n) is 8.27. The number of rotatable bonds is 2. The second kappa shape index (κ2) is 7.58. The van der Waals surface area contributed by atoms with E-state index < -0.39 is 29.4 Å². The van der Waals surface area contributed by atoms with Crippen LogP contribution in [0.25, 0.3) is 0 Å². The Hall–Kier alpha value is -1.57. The topological polar surface area (TPSA) is 46.6 Å². The van der Waals surface area contributed by atoms with E-state index in [2.05, 4.69) is 15.9 Å². The summed E-state index contributed by atoms with van der Waals surface area (Å²) < 4.78 is 44.3. The van der Waals surface area contributed by atoms with Gasteiger partial charge in [0, 0.05) is 29.0 Å². The van der Waals surface area contributed by atoms with Crippen molar-refractivity contribution < 1.29 is 27.5 Å². The van der Waals surface area contributed by atoms with Gasteiger partial charge in [-0.3, -0.25) is 4.79 Å². The predicted octanol–water partition coefficient (Wildman–Crippen LogP) is 5.30. The van der Waals surface area contributed by atoms with Gasteiger partial charge in [-0.15, -0.1) is 0 Å². The number of piperidine rings is 1. The fraction of sp³-hybridized carbons (Fsp3) is 0.556. The molecule has 144 valence electrons. The Morgan fingerprint density at radius 3 is 2.19 bits per heavy atom. The van der Waals surface area contributed by atoms with Gasteiger partial charge in [-0.2, -0.15) is 13.2 Å². The summed E-state index contributed by atoms with van der Waals surface area (Å²) in [5.74, 6) is -0.746. The molecule has 0 aliphatic carbocycles. The Labute approximate surface area is 158 Å². The van der Waals surface area contributed by atoms with Gasteiger partial charge in [0.25, 0.3) is 0 Å². The van der Waals surface area contributed by atoms with Crippen LogP contribution in [0.3, 0.4) is 0 Å². The number of carbonyl (C=O) groups is 2. The second-order valence-corrected chi connectivity index (χ2v) is 8.25. The van der Waals surface area contributed by atoms with Crippen LogP contribution in [0.1, 0.15) is 49.5 Å². The smallest absolute Gasteiger partial charge is 0.416 e. The van der Waals surface area contributed by atoms with Gasteiger partial charge in [0.2, 0.25) is 0 Å². The Balaban J connectivity index is 2.05. The number of alkyl halides is 3. The maximum absolute atomic E-state index is 12.9. The van der Waals surface area contributed by atoms with Crippen molar-refractivity contribution >= 4 is 27.8 Å². The highest BCUT2D eigenvalue weighted by atomic mass is 79.9. The molecule has 4 nitrogen and oxygen atoms in total. The number of nitrogens with zero attached hydrogens (tertiary/aromatic N) is 1. The number of carbonyl (C=O) groups excluding carboxylic acids is 2. The minimum absolute atomic E-state index is 0.0300. The summed E-state index contributed by atoms with van der Waals surface area (Å²) in [6, 6.07) is 3.23. The highest BCUT2D eigenvalue weighted by Crippen LogP contribution is 2.33. The normalized spacial score (nSPS) is 16.5. The molecule has 1 aromatic carbocycles. The van der Waals surface area contributed by atoms with E-state index in [1.165, 1.54) is 11.0 Å². The molecule has 0 unspecified atom stereocenters. The summed E-state index contributed by atoms with van der Waals surface area (Å²) in [6.07, 6.45) is -4.17. The molecule has 0 radical (unpaired) electrons. The van der Waals surface area contributed by atoms with Gasteiger partial charge in [0.05, 0.1) is 5.56 Å². The molecule has 1 fully saturated rings. The molecule has 0 N–H and O–H groups in total. The summed E-state index contributed by atoms with van der Waals surface area (Å²) in [4.78, 5) is 26.2. The molecule has 1 aliphatic heterocycles. The molecule has 1 aliphatic rings. The van der Waals surface area contributed by atoms with Crippen molar-refractivity contribution in [3.63, 3.8) is 0 Å². The largest absolute Gasteiger partial charge is 0.444 e. The molecule has 1 amide bonds. The summed E-state index contributed by atoms with van der Waals surface area (Å²) in [6.45, 7) is 5.99. The summed E-state index contributed by atoms with van der Waals surface area (Å²) in [5.41, 5.74) is -1.43. The molecule has 0 saturated carbocycles. The highest BCUT2D eigenvalue weighted by molar-refractivity contribution is 9.10. The number of ketones is 1. The van der Waals surface area contributed by atoms with Crippen molar-refractivity contribution in [1.29, 1.82) is 0 Å². The maximum Gasteiger partial charge on any atom is 0.416 e. The Morgan fingerprint density at radius 2 is 1.69 bits per heavy atom. The zero-order valence-electron chi connectivity index (χ0n) is 14.8. The molecule has 2 rings (SSSR count). The van der Waals surface area contributed by atoms with Crippen LogP contribution < -0.4 is 0 Å². The Bertz CT molecular complexity index is 690. The third-order valence-electron chi connectivity index (χ3n) is 4.03. The molecular formula is C18H21BrF3NO3. The van der Waals surface area contributed by atoms with E-state index >= 15 is 0 Å². The van der Waals surface area contributed by atoms with Crippen LogP contribution >= 0.6 is 15.9 Å². The van der Waals surface area contributed by atoms with Crippen LogP contribution in [0.15, 0.2) is 22.7 Å². The summed E-state index contributed by atoms with van der Waals surface area (Å²) in [7, 11) is 0. The molecule has 0 bridgehead atoms. The van der Waals surface area contributed by atoms with E-state index in [9.17, 15) is 22.8 Å². The third-order valence-corrected chi connectivity index (χ3v) is 4.48. The average Bonchev–Trinajstić information content (AvgIpc) is 2.51. The van der Waals surface area contributed by atoms with E-state index in [1.807, 2.05) is 0 Å². The van der Waals surface area contributed by atoms with E-state index in [0.29, 0.717) is 25.9 Å². The molecular weight excluding hydrogens is 415 g/mol. The molecule has 0 atom stereocenters. The van der Waals surface area contributed by atoms with Crippen LogP contribution in [0, 0.1) is 5.92 Å². The summed E-state index contributed by atoms with van der Waals surface area (Å²) >= 11 is 3.03. The SMILES string of the molecule is CC(C)(C)OC(=O)N1CCC(C(=O)c2cc(Br)cc(C(F)(F)F)c2)CC1. The van der Waals surface area contributed by atoms with Gasteiger partial charge in [-0.05, 0) is 51.8 Å². The fourth-order valence-corrected chi connectivity index (χ4v) is 3.28. The van der Waals surface area contributed by atoms with Crippen LogP contribution in [0.2, 0.25) is 0 Å². The maximum atomic E-state index is 12.9. The lowest BCUT2D eigenvalue weighted by atomic mass is 9.88. The van der Waals surface area contributed by atoms with E-state index in [1.54, 1.807) is 20.8 Å². The Kier molecular flexibility index (Phi) is 6.05. The van der Waals surface area contributed by atoms with Crippen LogP contribution in [-0.2, 0) is 10.9 Å². The lowest BCUT2D eigenvalue weighted by Crippen LogP contribution is -2.43. The molecule has 1 aromatic rings. The van der Waals surface area contributed by atoms with Gasteiger partial charge < -0.3 is 9.64 Å². The van der Waals surface area contributed by atoms with E-state index in [0.717, 1.165) is 12.1 Å². The van der Waals surface area contributed by atoms with Crippen LogP contribution in [-0.4, -0.2) is 35.5 Å². The number of amides is 1. The zero-order valence-corrected chi connectivity index (χ0v) is 16.4. The summed E-state index contributed by atoms with van der Waals surface area (Å²) in [5, 5.41) is 0. The average molecular weight is 436 g/mol. The van der Waals surface area contributed by atoms with Gasteiger partial charge in [-0.1, -0.05) is 15.9 Å². The van der Waals surface area contributed by atoms with Crippen molar-refractivity contribution in [3.05, 3.63) is 33.8 Å². The fourth-order valence-electron chi connectivity index (χ4n) is 2.78. The van der Waals surface area contributed by atoms with Crippen molar-refractivity contribution in [2.45, 2.75) is 45.4 Å². The van der Waals surface area contributed by atoms with Crippen molar-refractivity contribution in [2.24, 2.45) is 5.92 Å². The van der Waals surface area contributed by atoms with Gasteiger partial charge >= 0.3 is 12.3 Å². The van der Waals surface area contributed by atoms with Crippen molar-refractivity contribution in [3.8, 4) is 0 Å². The molecule has 1 heterocycles. The molecule has 0 aromatic heterocycles. The van der Waals surface area contributed by atoms with Crippen molar-refractivity contribution in [1.82, 2.24) is 4.90 Å². The Morgan fingerprint density at radius 1 is 1.12 bits per heavy atom. The molecule has 1 saturated heterocycles. The molecule has 26 heavy (non-hydrogen) atoms. The van der Waals surface area contributed by atoms with Gasteiger partial charge in [-0.25, -0.2) is 4.79 Å². The predicted molar refractivity (Wildman–Crippen MR) is 94.0 cm³/mol. The molecule has 0 spiro atoms. The number of hydrogen-bond donors (Lipinski definition) is 0. The van der Waals surface area contributed by atoms with E-state index in [4.69, 9.17) is 4.74 Å². The third kappa shape index (κ3) is 5.46.